The fourth-order valence-corrected chi connectivity index (χ4v) is 2.04. The number of phenolic OH excluding ortho intramolecular Hbond substituents is 1. The summed E-state index contributed by atoms with van der Waals surface area (Å²) in [6, 6.07) is 13.3. The normalized spacial score (nSPS) is 9.96. The molecule has 2 rings (SSSR count). The number of benzene rings is 2. The molecule has 2 aromatic rings. The van der Waals surface area contributed by atoms with Crippen molar-refractivity contribution in [3.8, 4) is 11.5 Å². The first-order chi connectivity index (χ1) is 11.1. The van der Waals surface area contributed by atoms with Gasteiger partial charge in [0.1, 0.15) is 11.5 Å². The van der Waals surface area contributed by atoms with Gasteiger partial charge in [-0.1, -0.05) is 13.0 Å². The van der Waals surface area contributed by atoms with Crippen molar-refractivity contribution in [3.63, 3.8) is 0 Å². The second kappa shape index (κ2) is 8.14. The van der Waals surface area contributed by atoms with Crippen molar-refractivity contribution in [2.45, 2.75) is 13.3 Å². The summed E-state index contributed by atoms with van der Waals surface area (Å²) >= 11 is 5.11. The fraction of sp³-hybridized carbons (Fsp3) is 0.176. The first-order valence-corrected chi connectivity index (χ1v) is 7.63. The third-order valence-corrected chi connectivity index (χ3v) is 3.13. The summed E-state index contributed by atoms with van der Waals surface area (Å²) in [6.07, 6.45) is 0.900. The van der Waals surface area contributed by atoms with Crippen LogP contribution in [0, 0.1) is 0 Å². The number of ether oxygens (including phenoxy) is 1. The van der Waals surface area contributed by atoms with Crippen molar-refractivity contribution in [2.75, 3.05) is 11.9 Å². The van der Waals surface area contributed by atoms with Crippen molar-refractivity contribution >= 4 is 28.9 Å². The number of hydrogen-bond acceptors (Lipinski definition) is 4. The average molecular weight is 330 g/mol. The van der Waals surface area contributed by atoms with E-state index in [0.29, 0.717) is 23.6 Å². The second-order valence-corrected chi connectivity index (χ2v) is 5.24. The molecule has 0 heterocycles. The summed E-state index contributed by atoms with van der Waals surface area (Å²) in [5.41, 5.74) is 1.14. The van der Waals surface area contributed by atoms with E-state index < -0.39 is 0 Å². The van der Waals surface area contributed by atoms with Gasteiger partial charge in [0.05, 0.1) is 6.61 Å². The summed E-state index contributed by atoms with van der Waals surface area (Å²) in [5.74, 6) is 0.495. The van der Waals surface area contributed by atoms with Crippen LogP contribution in [0.25, 0.3) is 0 Å². The molecule has 23 heavy (non-hydrogen) atoms. The topological polar surface area (TPSA) is 70.6 Å². The van der Waals surface area contributed by atoms with Crippen LogP contribution in [0.2, 0.25) is 0 Å². The summed E-state index contributed by atoms with van der Waals surface area (Å²) in [6.45, 7) is 2.62. The second-order valence-electron chi connectivity index (χ2n) is 4.83. The monoisotopic (exact) mass is 330 g/mol. The molecule has 5 nitrogen and oxygen atoms in total. The Balaban J connectivity index is 1.95. The number of carbonyl (C=O) groups is 1. The Morgan fingerprint density at radius 3 is 2.65 bits per heavy atom. The molecule has 1 amide bonds. The molecule has 6 heteroatoms. The Morgan fingerprint density at radius 1 is 1.22 bits per heavy atom. The summed E-state index contributed by atoms with van der Waals surface area (Å²) in [4.78, 5) is 12.2. The Bertz CT molecular complexity index is 686. The van der Waals surface area contributed by atoms with Gasteiger partial charge in [-0.3, -0.25) is 10.1 Å². The van der Waals surface area contributed by atoms with Gasteiger partial charge in [-0.15, -0.1) is 0 Å². The van der Waals surface area contributed by atoms with Gasteiger partial charge in [0, 0.05) is 11.3 Å². The minimum atomic E-state index is -0.316. The van der Waals surface area contributed by atoms with E-state index in [0.717, 1.165) is 6.42 Å². The molecule has 0 atom stereocenters. The molecule has 0 unspecified atom stereocenters. The molecule has 0 bridgehead atoms. The lowest BCUT2D eigenvalue weighted by Gasteiger charge is -2.10. The zero-order valence-corrected chi connectivity index (χ0v) is 13.5. The maximum Gasteiger partial charge on any atom is 0.257 e. The molecule has 0 aromatic heterocycles. The van der Waals surface area contributed by atoms with Crippen molar-refractivity contribution in [1.82, 2.24) is 5.32 Å². The highest BCUT2D eigenvalue weighted by Gasteiger charge is 2.09. The molecule has 0 saturated heterocycles. The first kappa shape index (κ1) is 16.8. The third kappa shape index (κ3) is 5.27. The van der Waals surface area contributed by atoms with Crippen LogP contribution >= 0.6 is 12.2 Å². The molecule has 120 valence electrons. The van der Waals surface area contributed by atoms with Crippen LogP contribution in [0.15, 0.2) is 48.5 Å². The van der Waals surface area contributed by atoms with Gasteiger partial charge < -0.3 is 15.2 Å². The zero-order chi connectivity index (χ0) is 16.7. The fourth-order valence-electron chi connectivity index (χ4n) is 1.83. The van der Waals surface area contributed by atoms with E-state index >= 15 is 0 Å². The lowest BCUT2D eigenvalue weighted by molar-refractivity contribution is 0.0977. The maximum absolute atomic E-state index is 12.2. The largest absolute Gasteiger partial charge is 0.508 e. The molecule has 0 aliphatic rings. The predicted molar refractivity (Wildman–Crippen MR) is 94.0 cm³/mol. The van der Waals surface area contributed by atoms with Crippen LogP contribution in [0.4, 0.5) is 5.69 Å². The molecule has 0 aliphatic carbocycles. The van der Waals surface area contributed by atoms with E-state index in [4.69, 9.17) is 17.0 Å². The molecule has 0 fully saturated rings. The lowest BCUT2D eigenvalue weighted by atomic mass is 10.2. The number of hydrogen-bond donors (Lipinski definition) is 3. The van der Waals surface area contributed by atoms with Crippen LogP contribution in [0.1, 0.15) is 23.7 Å². The number of rotatable bonds is 5. The SMILES string of the molecule is CCCOc1cccc(C(=O)NC(=S)Nc2ccc(O)cc2)c1. The number of nitrogens with one attached hydrogen (secondary N) is 2. The summed E-state index contributed by atoms with van der Waals surface area (Å²) in [7, 11) is 0. The summed E-state index contributed by atoms with van der Waals surface area (Å²) < 4.78 is 5.51. The van der Waals surface area contributed by atoms with E-state index in [2.05, 4.69) is 10.6 Å². The number of phenols is 1. The molecule has 0 spiro atoms. The molecule has 0 saturated carbocycles. The minimum Gasteiger partial charge on any atom is -0.508 e. The van der Waals surface area contributed by atoms with Gasteiger partial charge >= 0.3 is 0 Å². The van der Waals surface area contributed by atoms with Crippen LogP contribution in [-0.2, 0) is 0 Å². The van der Waals surface area contributed by atoms with Gasteiger partial charge in [-0.25, -0.2) is 0 Å². The molecule has 0 radical (unpaired) electrons. The van der Waals surface area contributed by atoms with Crippen molar-refractivity contribution < 1.29 is 14.6 Å². The standard InChI is InChI=1S/C17H18N2O3S/c1-2-10-22-15-5-3-4-12(11-15)16(21)19-17(23)18-13-6-8-14(20)9-7-13/h3-9,11,20H,2,10H2,1H3,(H2,18,19,21,23). The Morgan fingerprint density at radius 2 is 1.96 bits per heavy atom. The number of carbonyl (C=O) groups excluding carboxylic acids is 1. The van der Waals surface area contributed by atoms with Crippen LogP contribution in [0.5, 0.6) is 11.5 Å². The number of thiocarbonyl (C=S) groups is 1. The quantitative estimate of drug-likeness (QED) is 0.579. The molecular formula is C17H18N2O3S. The Kier molecular flexibility index (Phi) is 5.94. The van der Waals surface area contributed by atoms with Gasteiger partial charge in [-0.05, 0) is 61.1 Å². The molecular weight excluding hydrogens is 312 g/mol. The highest BCUT2D eigenvalue weighted by Crippen LogP contribution is 2.15. The van der Waals surface area contributed by atoms with E-state index in [1.54, 1.807) is 36.4 Å². The maximum atomic E-state index is 12.2. The zero-order valence-electron chi connectivity index (χ0n) is 12.7. The van der Waals surface area contributed by atoms with Crippen molar-refractivity contribution in [3.05, 3.63) is 54.1 Å². The van der Waals surface area contributed by atoms with E-state index in [1.807, 2.05) is 6.92 Å². The summed E-state index contributed by atoms with van der Waals surface area (Å²) in [5, 5.41) is 14.9. The number of anilines is 1. The first-order valence-electron chi connectivity index (χ1n) is 7.22. The minimum absolute atomic E-state index is 0.161. The van der Waals surface area contributed by atoms with E-state index in [-0.39, 0.29) is 16.8 Å². The van der Waals surface area contributed by atoms with Crippen LogP contribution in [-0.4, -0.2) is 22.7 Å². The van der Waals surface area contributed by atoms with Gasteiger partial charge in [0.15, 0.2) is 5.11 Å². The number of amides is 1. The van der Waals surface area contributed by atoms with Crippen molar-refractivity contribution in [1.29, 1.82) is 0 Å². The third-order valence-electron chi connectivity index (χ3n) is 2.92. The molecule has 0 aliphatic heterocycles. The van der Waals surface area contributed by atoms with Gasteiger partial charge in [-0.2, -0.15) is 0 Å². The average Bonchev–Trinajstić information content (AvgIpc) is 2.55. The highest BCUT2D eigenvalue weighted by atomic mass is 32.1. The van der Waals surface area contributed by atoms with Crippen molar-refractivity contribution in [2.24, 2.45) is 0 Å². The highest BCUT2D eigenvalue weighted by molar-refractivity contribution is 7.80. The Hall–Kier alpha value is -2.60. The van der Waals surface area contributed by atoms with Gasteiger partial charge in [0.2, 0.25) is 0 Å². The van der Waals surface area contributed by atoms with Gasteiger partial charge in [0.25, 0.3) is 5.91 Å². The van der Waals surface area contributed by atoms with Crippen LogP contribution in [0.3, 0.4) is 0 Å². The molecule has 2 aromatic carbocycles. The Labute approximate surface area is 140 Å². The smallest absolute Gasteiger partial charge is 0.257 e. The predicted octanol–water partition coefficient (Wildman–Crippen LogP) is 3.31. The van der Waals surface area contributed by atoms with E-state index in [9.17, 15) is 9.90 Å². The molecule has 3 N–H and O–H groups in total. The lowest BCUT2D eigenvalue weighted by Crippen LogP contribution is -2.34. The number of aromatic hydroxyl groups is 1. The van der Waals surface area contributed by atoms with Crippen LogP contribution < -0.4 is 15.4 Å². The van der Waals surface area contributed by atoms with E-state index in [1.165, 1.54) is 12.1 Å².